The Hall–Kier alpha value is -0.510. The van der Waals surface area contributed by atoms with E-state index in [0.29, 0.717) is 6.42 Å². The highest BCUT2D eigenvalue weighted by atomic mass is 14.2. The van der Waals surface area contributed by atoms with Crippen LogP contribution in [0.5, 0.6) is 0 Å². The van der Waals surface area contributed by atoms with Gasteiger partial charge in [-0.1, -0.05) is 12.8 Å². The van der Waals surface area contributed by atoms with Crippen LogP contribution >= 0.6 is 0 Å². The van der Waals surface area contributed by atoms with E-state index in [-0.39, 0.29) is 0 Å². The van der Waals surface area contributed by atoms with Crippen molar-refractivity contribution in [3.8, 4) is 6.07 Å². The number of unbranched alkanes of at least 4 members (excludes halogenated alkanes) is 4. The highest BCUT2D eigenvalue weighted by molar-refractivity contribution is 4.67. The van der Waals surface area contributed by atoms with Gasteiger partial charge in [-0.3, -0.25) is 0 Å². The third-order valence-electron chi connectivity index (χ3n) is 0.993. The Bertz CT molecular complexity index is 70.9. The molecule has 0 aliphatic carbocycles. The molecule has 8 heavy (non-hydrogen) atoms. The van der Waals surface area contributed by atoms with Gasteiger partial charge in [0.25, 0.3) is 0 Å². The quantitative estimate of drug-likeness (QED) is 0.507. The summed E-state index contributed by atoms with van der Waals surface area (Å²) in [6, 6.07) is 2.09. The molecule has 2 radical (unpaired) electrons. The van der Waals surface area contributed by atoms with E-state index in [9.17, 15) is 0 Å². The summed E-state index contributed by atoms with van der Waals surface area (Å²) < 4.78 is 0. The van der Waals surface area contributed by atoms with Gasteiger partial charge in [-0.25, -0.2) is 0 Å². The minimum absolute atomic E-state index is 0.681. The molecule has 0 unspecified atom stereocenters. The molecule has 0 saturated carbocycles. The van der Waals surface area contributed by atoms with E-state index in [0.717, 1.165) is 25.7 Å². The maximum Gasteiger partial charge on any atom is 0.0621 e. The van der Waals surface area contributed by atoms with Gasteiger partial charge in [0.1, 0.15) is 0 Å². The predicted octanol–water partition coefficient (Wildman–Crippen LogP) is 2.17. The van der Waals surface area contributed by atoms with Gasteiger partial charge in [0, 0.05) is 6.42 Å². The van der Waals surface area contributed by atoms with Crippen LogP contribution in [0.4, 0.5) is 0 Å². The van der Waals surface area contributed by atoms with E-state index in [1.165, 1.54) is 0 Å². The monoisotopic (exact) mass is 109 g/mol. The smallest absolute Gasteiger partial charge is 0.0621 e. The minimum atomic E-state index is 0.681. The van der Waals surface area contributed by atoms with E-state index in [1.807, 2.05) is 0 Å². The maximum atomic E-state index is 8.08. The lowest BCUT2D eigenvalue weighted by Gasteiger charge is -1.89. The molecular formula is C7H11N. The maximum absolute atomic E-state index is 8.08. The van der Waals surface area contributed by atoms with Gasteiger partial charge in [0.05, 0.1) is 6.07 Å². The molecule has 0 atom stereocenters. The molecule has 0 saturated heterocycles. The summed E-state index contributed by atoms with van der Waals surface area (Å²) in [5.74, 6) is 0. The normalized spacial score (nSPS) is 8.50. The average Bonchev–Trinajstić information content (AvgIpc) is 1.81. The molecular weight excluding hydrogens is 98.1 g/mol. The van der Waals surface area contributed by atoms with Crippen molar-refractivity contribution in [3.05, 3.63) is 6.92 Å². The zero-order valence-electron chi connectivity index (χ0n) is 5.06. The van der Waals surface area contributed by atoms with E-state index in [4.69, 9.17) is 12.2 Å². The first-order valence-corrected chi connectivity index (χ1v) is 2.99. The largest absolute Gasteiger partial charge is 0.198 e. The lowest BCUT2D eigenvalue weighted by atomic mass is 10.2. The van der Waals surface area contributed by atoms with Crippen molar-refractivity contribution in [1.29, 1.82) is 5.26 Å². The fourth-order valence-electron chi connectivity index (χ4n) is 0.525. The molecule has 0 aliphatic rings. The second kappa shape index (κ2) is 6.49. The molecule has 0 rings (SSSR count). The molecule has 0 bridgehead atoms. The average molecular weight is 109 g/mol. The van der Waals surface area contributed by atoms with E-state index >= 15 is 0 Å². The summed E-state index contributed by atoms with van der Waals surface area (Å²) in [6.07, 6.45) is 4.60. The molecule has 0 aromatic heterocycles. The van der Waals surface area contributed by atoms with Crippen LogP contribution in [0.15, 0.2) is 0 Å². The highest BCUT2D eigenvalue weighted by Gasteiger charge is 1.83. The molecule has 0 aliphatic heterocycles. The van der Waals surface area contributed by atoms with Crippen molar-refractivity contribution >= 4 is 0 Å². The van der Waals surface area contributed by atoms with E-state index in [1.54, 1.807) is 0 Å². The van der Waals surface area contributed by atoms with Crippen molar-refractivity contribution < 1.29 is 0 Å². The Balaban J connectivity index is 2.65. The van der Waals surface area contributed by atoms with E-state index < -0.39 is 0 Å². The van der Waals surface area contributed by atoms with E-state index in [2.05, 4.69) is 6.07 Å². The summed E-state index contributed by atoms with van der Waals surface area (Å²) in [4.78, 5) is 0. The summed E-state index contributed by atoms with van der Waals surface area (Å²) >= 11 is 0. The molecule has 0 aromatic carbocycles. The second-order valence-corrected chi connectivity index (χ2v) is 1.76. The van der Waals surface area contributed by atoms with Gasteiger partial charge in [0.15, 0.2) is 0 Å². The van der Waals surface area contributed by atoms with Gasteiger partial charge < -0.3 is 0 Å². The Morgan fingerprint density at radius 2 is 2.00 bits per heavy atom. The van der Waals surface area contributed by atoms with Crippen molar-refractivity contribution in [1.82, 2.24) is 0 Å². The SMILES string of the molecule is [CH]CCCCCC#N. The van der Waals surface area contributed by atoms with Crippen molar-refractivity contribution in [3.63, 3.8) is 0 Å². The fourth-order valence-corrected chi connectivity index (χ4v) is 0.525. The molecule has 44 valence electrons. The first-order chi connectivity index (χ1) is 3.91. The first kappa shape index (κ1) is 7.49. The zero-order valence-corrected chi connectivity index (χ0v) is 5.06. The first-order valence-electron chi connectivity index (χ1n) is 2.99. The van der Waals surface area contributed by atoms with Crippen LogP contribution < -0.4 is 0 Å². The van der Waals surface area contributed by atoms with Crippen LogP contribution in [0.25, 0.3) is 0 Å². The van der Waals surface area contributed by atoms with Crippen LogP contribution in [-0.4, -0.2) is 0 Å². The Morgan fingerprint density at radius 3 is 2.50 bits per heavy atom. The number of nitrogens with zero attached hydrogens (tertiary/aromatic N) is 1. The second-order valence-electron chi connectivity index (χ2n) is 1.76. The third-order valence-corrected chi connectivity index (χ3v) is 0.993. The van der Waals surface area contributed by atoms with Crippen LogP contribution in [0.1, 0.15) is 32.1 Å². The summed E-state index contributed by atoms with van der Waals surface area (Å²) in [5, 5.41) is 8.08. The minimum Gasteiger partial charge on any atom is -0.198 e. The molecule has 0 amide bonds. The Labute approximate surface area is 51.3 Å². The van der Waals surface area contributed by atoms with Crippen molar-refractivity contribution in [2.45, 2.75) is 32.1 Å². The zero-order chi connectivity index (χ0) is 6.24. The Kier molecular flexibility index (Phi) is 6.08. The van der Waals surface area contributed by atoms with Crippen LogP contribution in [0.2, 0.25) is 0 Å². The lowest BCUT2D eigenvalue weighted by Crippen LogP contribution is -1.72. The summed E-state index contributed by atoms with van der Waals surface area (Å²) in [5.41, 5.74) is 0. The molecule has 0 N–H and O–H groups in total. The van der Waals surface area contributed by atoms with Crippen molar-refractivity contribution in [2.24, 2.45) is 0 Å². The summed E-state index contributed by atoms with van der Waals surface area (Å²) in [6.45, 7) is 5.23. The Morgan fingerprint density at radius 1 is 1.25 bits per heavy atom. The number of nitriles is 1. The number of hydrogen-bond donors (Lipinski definition) is 0. The molecule has 1 heteroatoms. The molecule has 1 nitrogen and oxygen atoms in total. The predicted molar refractivity (Wildman–Crippen MR) is 33.0 cm³/mol. The van der Waals surface area contributed by atoms with Gasteiger partial charge in [0.2, 0.25) is 0 Å². The number of rotatable bonds is 4. The highest BCUT2D eigenvalue weighted by Crippen LogP contribution is 1.99. The van der Waals surface area contributed by atoms with Gasteiger partial charge >= 0.3 is 0 Å². The molecule has 0 fully saturated rings. The third kappa shape index (κ3) is 5.49. The standard InChI is InChI=1S/C7H11N/c1-2-3-4-5-6-7-8/h1H,2-6H2. The van der Waals surface area contributed by atoms with Crippen LogP contribution in [-0.2, 0) is 0 Å². The topological polar surface area (TPSA) is 23.8 Å². The van der Waals surface area contributed by atoms with Crippen molar-refractivity contribution in [2.75, 3.05) is 0 Å². The summed E-state index contributed by atoms with van der Waals surface area (Å²) in [7, 11) is 0. The van der Waals surface area contributed by atoms with Gasteiger partial charge in [-0.2, -0.15) is 5.26 Å². The molecule has 0 heterocycles. The van der Waals surface area contributed by atoms with Gasteiger partial charge in [-0.05, 0) is 19.8 Å². The van der Waals surface area contributed by atoms with Crippen LogP contribution in [0.3, 0.4) is 0 Å². The fraction of sp³-hybridized carbons (Fsp3) is 0.714. The lowest BCUT2D eigenvalue weighted by molar-refractivity contribution is 0.699. The number of hydrogen-bond acceptors (Lipinski definition) is 1. The molecule has 0 aromatic rings. The van der Waals surface area contributed by atoms with Crippen LogP contribution in [0, 0.1) is 18.3 Å². The van der Waals surface area contributed by atoms with Gasteiger partial charge in [-0.15, -0.1) is 0 Å². The molecule has 0 spiro atoms.